The van der Waals surface area contributed by atoms with Crippen molar-refractivity contribution in [1.29, 1.82) is 0 Å². The Morgan fingerprint density at radius 1 is 0.919 bits per heavy atom. The fourth-order valence-corrected chi connectivity index (χ4v) is 4.84. The molecule has 1 fully saturated rings. The van der Waals surface area contributed by atoms with Crippen molar-refractivity contribution in [3.8, 4) is 27.6 Å². The van der Waals surface area contributed by atoms with Gasteiger partial charge in [-0.2, -0.15) is 0 Å². The van der Waals surface area contributed by atoms with Crippen LogP contribution in [0.1, 0.15) is 5.56 Å². The molecule has 2 N–H and O–H groups in total. The summed E-state index contributed by atoms with van der Waals surface area (Å²) in [6.07, 6.45) is 0. The van der Waals surface area contributed by atoms with E-state index in [4.69, 9.17) is 14.5 Å². The summed E-state index contributed by atoms with van der Waals surface area (Å²) < 4.78 is 11.3. The van der Waals surface area contributed by atoms with Crippen LogP contribution < -0.4 is 15.4 Å². The molecule has 2 heterocycles. The minimum absolute atomic E-state index is 0.277. The minimum atomic E-state index is -0.277. The average Bonchev–Trinajstić information content (AvgIpc) is 3.42. The van der Waals surface area contributed by atoms with E-state index in [1.165, 1.54) is 0 Å². The van der Waals surface area contributed by atoms with Crippen molar-refractivity contribution >= 4 is 28.7 Å². The summed E-state index contributed by atoms with van der Waals surface area (Å²) in [6, 6.07) is 23.2. The molecule has 1 aliphatic rings. The Morgan fingerprint density at radius 2 is 1.54 bits per heavy atom. The van der Waals surface area contributed by atoms with Crippen LogP contribution in [0.4, 0.5) is 16.2 Å². The van der Waals surface area contributed by atoms with Gasteiger partial charge in [0.25, 0.3) is 0 Å². The number of nitrogens with one attached hydrogen (secondary N) is 2. The van der Waals surface area contributed by atoms with Gasteiger partial charge in [0.1, 0.15) is 17.4 Å². The second-order valence-corrected chi connectivity index (χ2v) is 9.75. The molecule has 0 aliphatic carbocycles. The molecule has 0 saturated carbocycles. The molecule has 4 aromatic rings. The quantitative estimate of drug-likeness (QED) is 0.295. The number of nitrogens with zero attached hydrogens (tertiary/aromatic N) is 2. The summed E-state index contributed by atoms with van der Waals surface area (Å²) in [6.45, 7) is 7.13. The van der Waals surface area contributed by atoms with E-state index in [0.29, 0.717) is 12.3 Å². The smallest absolute Gasteiger partial charge is 0.323 e. The van der Waals surface area contributed by atoms with E-state index < -0.39 is 0 Å². The van der Waals surface area contributed by atoms with Gasteiger partial charge < -0.3 is 20.1 Å². The first-order valence-corrected chi connectivity index (χ1v) is 13.2. The fourth-order valence-electron chi connectivity index (χ4n) is 4.00. The van der Waals surface area contributed by atoms with Crippen LogP contribution in [-0.4, -0.2) is 55.4 Å². The zero-order chi connectivity index (χ0) is 25.5. The van der Waals surface area contributed by atoms with Gasteiger partial charge in [-0.25, -0.2) is 9.78 Å². The van der Waals surface area contributed by atoms with Crippen LogP contribution in [0.5, 0.6) is 5.75 Å². The number of carbonyl (C=O) groups is 1. The number of ether oxygens (including phenoxy) is 2. The number of urea groups is 1. The first-order valence-electron chi connectivity index (χ1n) is 12.4. The van der Waals surface area contributed by atoms with Crippen LogP contribution >= 0.6 is 11.3 Å². The lowest BCUT2D eigenvalue weighted by Crippen LogP contribution is -2.38. The number of hydrogen-bond acceptors (Lipinski definition) is 6. The second-order valence-electron chi connectivity index (χ2n) is 8.89. The summed E-state index contributed by atoms with van der Waals surface area (Å²) >= 11 is 1.61. The molecule has 0 bridgehead atoms. The molecule has 5 rings (SSSR count). The summed E-state index contributed by atoms with van der Waals surface area (Å²) in [4.78, 5) is 19.5. The monoisotopic (exact) mass is 514 g/mol. The Bertz CT molecular complexity index is 1300. The predicted molar refractivity (Wildman–Crippen MR) is 150 cm³/mol. The van der Waals surface area contributed by atoms with E-state index >= 15 is 0 Å². The van der Waals surface area contributed by atoms with E-state index in [-0.39, 0.29) is 6.03 Å². The molecule has 1 aromatic heterocycles. The van der Waals surface area contributed by atoms with Crippen molar-refractivity contribution < 1.29 is 14.3 Å². The van der Waals surface area contributed by atoms with E-state index in [1.807, 2.05) is 79.7 Å². The van der Waals surface area contributed by atoms with Gasteiger partial charge >= 0.3 is 6.03 Å². The van der Waals surface area contributed by atoms with Crippen molar-refractivity contribution in [3.63, 3.8) is 0 Å². The zero-order valence-corrected chi connectivity index (χ0v) is 21.6. The topological polar surface area (TPSA) is 75.7 Å². The largest absolute Gasteiger partial charge is 0.492 e. The standard InChI is InChI=1S/C29H30N4O3S/c1-21-2-8-24(9-3-21)30-29(34)31-25-10-4-22(5-11-25)27-20-37-28(32-27)23-6-12-26(13-7-23)36-19-16-33-14-17-35-18-15-33/h2-13,20H,14-19H2,1H3,(H2,30,31,34). The molecule has 3 aromatic carbocycles. The van der Waals surface area contributed by atoms with Crippen molar-refractivity contribution in [1.82, 2.24) is 9.88 Å². The minimum Gasteiger partial charge on any atom is -0.492 e. The first-order chi connectivity index (χ1) is 18.1. The SMILES string of the molecule is Cc1ccc(NC(=O)Nc2ccc(-c3csc(-c4ccc(OCCN5CCOCC5)cc4)n3)cc2)cc1. The number of morpholine rings is 1. The Morgan fingerprint density at radius 3 is 2.22 bits per heavy atom. The summed E-state index contributed by atoms with van der Waals surface area (Å²) in [7, 11) is 0. The third-order valence-corrected chi connectivity index (χ3v) is 7.02. The molecule has 1 aliphatic heterocycles. The van der Waals surface area contributed by atoms with Crippen LogP contribution in [0.2, 0.25) is 0 Å². The molecular weight excluding hydrogens is 484 g/mol. The van der Waals surface area contributed by atoms with Crippen molar-refractivity contribution in [2.45, 2.75) is 6.92 Å². The van der Waals surface area contributed by atoms with Gasteiger partial charge in [0.05, 0.1) is 18.9 Å². The summed E-state index contributed by atoms with van der Waals surface area (Å²) in [5.74, 6) is 0.864. The van der Waals surface area contributed by atoms with E-state index in [9.17, 15) is 4.79 Å². The molecular formula is C29H30N4O3S. The maximum atomic E-state index is 12.3. The van der Waals surface area contributed by atoms with Crippen LogP contribution in [0.3, 0.4) is 0 Å². The van der Waals surface area contributed by atoms with Gasteiger partial charge in [0, 0.05) is 47.5 Å². The third-order valence-electron chi connectivity index (χ3n) is 6.13. The number of rotatable bonds is 8. The van der Waals surface area contributed by atoms with E-state index in [1.54, 1.807) is 11.3 Å². The summed E-state index contributed by atoms with van der Waals surface area (Å²) in [5.41, 5.74) is 5.57. The van der Waals surface area contributed by atoms with Gasteiger partial charge in [0.2, 0.25) is 0 Å². The lowest BCUT2D eigenvalue weighted by atomic mass is 10.1. The van der Waals surface area contributed by atoms with Gasteiger partial charge in [-0.15, -0.1) is 11.3 Å². The van der Waals surface area contributed by atoms with Crippen molar-refractivity contribution in [2.75, 3.05) is 50.1 Å². The van der Waals surface area contributed by atoms with Crippen molar-refractivity contribution in [3.05, 3.63) is 83.7 Å². The number of thiazole rings is 1. The highest BCUT2D eigenvalue weighted by Crippen LogP contribution is 2.30. The van der Waals surface area contributed by atoms with E-state index in [0.717, 1.165) is 71.7 Å². The second kappa shape index (κ2) is 12.0. The Balaban J connectivity index is 1.14. The van der Waals surface area contributed by atoms with E-state index in [2.05, 4.69) is 20.9 Å². The van der Waals surface area contributed by atoms with Crippen LogP contribution in [0.15, 0.2) is 78.2 Å². The maximum absolute atomic E-state index is 12.3. The Kier molecular flexibility index (Phi) is 8.10. The molecule has 2 amide bonds. The molecule has 37 heavy (non-hydrogen) atoms. The first kappa shape index (κ1) is 25.0. The van der Waals surface area contributed by atoms with Gasteiger partial charge in [-0.1, -0.05) is 29.8 Å². The lowest BCUT2D eigenvalue weighted by molar-refractivity contribution is 0.0322. The van der Waals surface area contributed by atoms with Crippen LogP contribution in [0.25, 0.3) is 21.8 Å². The highest BCUT2D eigenvalue weighted by molar-refractivity contribution is 7.13. The highest BCUT2D eigenvalue weighted by atomic mass is 32.1. The Labute approximate surface area is 221 Å². The molecule has 1 saturated heterocycles. The average molecular weight is 515 g/mol. The number of aromatic nitrogens is 1. The molecule has 190 valence electrons. The molecule has 0 atom stereocenters. The lowest BCUT2D eigenvalue weighted by Gasteiger charge is -2.26. The maximum Gasteiger partial charge on any atom is 0.323 e. The third kappa shape index (κ3) is 6.95. The molecule has 8 heteroatoms. The van der Waals surface area contributed by atoms with Crippen LogP contribution in [-0.2, 0) is 4.74 Å². The number of hydrogen-bond donors (Lipinski definition) is 2. The van der Waals surface area contributed by atoms with Gasteiger partial charge in [-0.05, 0) is 55.5 Å². The number of carbonyl (C=O) groups excluding carboxylic acids is 1. The summed E-state index contributed by atoms with van der Waals surface area (Å²) in [5, 5.41) is 8.71. The number of amides is 2. The normalized spacial score (nSPS) is 13.8. The molecule has 0 radical (unpaired) electrons. The van der Waals surface area contributed by atoms with Gasteiger partial charge in [0.15, 0.2) is 0 Å². The molecule has 0 unspecified atom stereocenters. The Hall–Kier alpha value is -3.72. The van der Waals surface area contributed by atoms with Gasteiger partial charge in [-0.3, -0.25) is 4.90 Å². The predicted octanol–water partition coefficient (Wildman–Crippen LogP) is 6.14. The number of anilines is 2. The molecule has 0 spiro atoms. The zero-order valence-electron chi connectivity index (χ0n) is 20.8. The number of benzene rings is 3. The fraction of sp³-hybridized carbons (Fsp3) is 0.241. The number of aryl methyl sites for hydroxylation is 1. The van der Waals surface area contributed by atoms with Crippen LogP contribution in [0, 0.1) is 6.92 Å². The highest BCUT2D eigenvalue weighted by Gasteiger charge is 2.11. The van der Waals surface area contributed by atoms with Crippen molar-refractivity contribution in [2.24, 2.45) is 0 Å². The molecule has 7 nitrogen and oxygen atoms in total.